The Morgan fingerprint density at radius 2 is 1.34 bits per heavy atom. The van der Waals surface area contributed by atoms with Gasteiger partial charge in [0.1, 0.15) is 29.5 Å². The summed E-state index contributed by atoms with van der Waals surface area (Å²) in [5, 5.41) is 9.59. The van der Waals surface area contributed by atoms with Crippen molar-refractivity contribution in [2.75, 3.05) is 33.2 Å². The van der Waals surface area contributed by atoms with Crippen LogP contribution in [0.1, 0.15) is 88.7 Å². The van der Waals surface area contributed by atoms with Crippen LogP contribution in [0.15, 0.2) is 85.2 Å². The first kappa shape index (κ1) is 40.4. The molecule has 304 valence electrons. The van der Waals surface area contributed by atoms with Gasteiger partial charge in [0.25, 0.3) is 0 Å². The molecule has 0 saturated carbocycles. The second-order valence-electron chi connectivity index (χ2n) is 15.6. The van der Waals surface area contributed by atoms with Crippen LogP contribution in [-0.2, 0) is 9.59 Å². The predicted octanol–water partition coefficient (Wildman–Crippen LogP) is 8.32. The molecule has 12 nitrogen and oxygen atoms in total. The van der Waals surface area contributed by atoms with Crippen LogP contribution in [0.4, 0.5) is 9.18 Å². The predicted molar refractivity (Wildman–Crippen MR) is 221 cm³/mol. The highest BCUT2D eigenvalue weighted by molar-refractivity contribution is 5.86. The number of H-pyrrole nitrogens is 2. The third kappa shape index (κ3) is 8.00. The zero-order valence-corrected chi connectivity index (χ0v) is 33.9. The molecule has 2 aliphatic heterocycles. The third-order valence-electron chi connectivity index (χ3n) is 11.8. The monoisotopic (exact) mass is 788 g/mol. The van der Waals surface area contributed by atoms with Crippen molar-refractivity contribution in [2.45, 2.75) is 77.5 Å². The van der Waals surface area contributed by atoms with Gasteiger partial charge in [-0.2, -0.15) is 0 Å². The molecular formula is C45H53FN8O4. The van der Waals surface area contributed by atoms with Gasteiger partial charge in [-0.05, 0) is 79.1 Å². The van der Waals surface area contributed by atoms with E-state index in [0.717, 1.165) is 65.5 Å². The van der Waals surface area contributed by atoms with E-state index in [1.165, 1.54) is 13.1 Å². The molecule has 2 aromatic heterocycles. The summed E-state index contributed by atoms with van der Waals surface area (Å²) in [6.07, 6.45) is 5.41. The zero-order valence-electron chi connectivity index (χ0n) is 33.9. The number of carboxylic acid groups (broad SMARTS) is 1. The van der Waals surface area contributed by atoms with Crippen molar-refractivity contribution >= 4 is 17.9 Å². The lowest BCUT2D eigenvalue weighted by Crippen LogP contribution is -2.51. The summed E-state index contributed by atoms with van der Waals surface area (Å²) in [6.45, 7) is 10.6. The number of amides is 3. The molecule has 2 saturated heterocycles. The highest BCUT2D eigenvalue weighted by Crippen LogP contribution is 2.37. The van der Waals surface area contributed by atoms with Gasteiger partial charge in [0.15, 0.2) is 0 Å². The molecule has 5 aromatic rings. The number of aromatic nitrogens is 4. The summed E-state index contributed by atoms with van der Waals surface area (Å²) in [7, 11) is 1.42. The molecule has 0 spiro atoms. The van der Waals surface area contributed by atoms with E-state index in [2.05, 4.69) is 33.7 Å². The number of rotatable bonds is 13. The minimum atomic E-state index is -1.16. The topological polar surface area (TPSA) is 142 Å². The number of likely N-dealkylation sites (N-methyl/N-ethyl adjacent to an activating group) is 2. The van der Waals surface area contributed by atoms with Crippen molar-refractivity contribution in [1.29, 1.82) is 0 Å². The number of imidazole rings is 2. The summed E-state index contributed by atoms with van der Waals surface area (Å²) in [6, 6.07) is 21.3. The van der Waals surface area contributed by atoms with Crippen LogP contribution in [0.3, 0.4) is 0 Å². The van der Waals surface area contributed by atoms with E-state index >= 15 is 4.39 Å². The van der Waals surface area contributed by atoms with Crippen LogP contribution in [-0.4, -0.2) is 102 Å². The first-order valence-electron chi connectivity index (χ1n) is 20.4. The number of aromatic amines is 2. The Hall–Kier alpha value is -5.82. The largest absolute Gasteiger partial charge is 0.465 e. The number of nitrogens with zero attached hydrogens (tertiary/aromatic N) is 6. The number of likely N-dealkylation sites (tertiary alicyclic amines) is 2. The van der Waals surface area contributed by atoms with Gasteiger partial charge in [-0.25, -0.2) is 19.2 Å². The molecule has 13 heteroatoms. The normalized spacial score (nSPS) is 17.9. The van der Waals surface area contributed by atoms with Crippen LogP contribution >= 0.6 is 0 Å². The lowest BCUT2D eigenvalue weighted by Gasteiger charge is -2.34. The van der Waals surface area contributed by atoms with Crippen LogP contribution in [0.2, 0.25) is 0 Å². The Bertz CT molecular complexity index is 2220. The number of carbonyl (C=O) groups excluding carboxylic acids is 2. The Labute approximate surface area is 339 Å². The summed E-state index contributed by atoms with van der Waals surface area (Å²) in [5.41, 5.74) is 5.19. The molecular weight excluding hydrogens is 736 g/mol. The molecule has 2 fully saturated rings. The fraction of sp³-hybridized carbons (Fsp3) is 0.400. The molecule has 3 aromatic carbocycles. The van der Waals surface area contributed by atoms with Crippen LogP contribution in [0.25, 0.3) is 33.6 Å². The maximum absolute atomic E-state index is 15.8. The molecule has 3 amide bonds. The van der Waals surface area contributed by atoms with Crippen molar-refractivity contribution in [2.24, 2.45) is 5.92 Å². The first-order valence-corrected chi connectivity index (χ1v) is 20.4. The Balaban J connectivity index is 1.04. The van der Waals surface area contributed by atoms with Gasteiger partial charge < -0.3 is 24.9 Å². The van der Waals surface area contributed by atoms with Crippen LogP contribution in [0.5, 0.6) is 0 Å². The Morgan fingerprint density at radius 3 is 1.91 bits per heavy atom. The number of carbonyl (C=O) groups is 3. The van der Waals surface area contributed by atoms with Crippen molar-refractivity contribution in [3.63, 3.8) is 0 Å². The minimum absolute atomic E-state index is 0.0980. The quantitative estimate of drug-likeness (QED) is 0.109. The Morgan fingerprint density at radius 1 is 0.793 bits per heavy atom. The van der Waals surface area contributed by atoms with Gasteiger partial charge in [-0.15, -0.1) is 0 Å². The molecule has 7 rings (SSSR count). The van der Waals surface area contributed by atoms with E-state index in [4.69, 9.17) is 4.98 Å². The van der Waals surface area contributed by atoms with E-state index in [-0.39, 0.29) is 35.9 Å². The molecule has 0 aliphatic carbocycles. The molecule has 4 heterocycles. The first-order chi connectivity index (χ1) is 28.0. The van der Waals surface area contributed by atoms with Crippen molar-refractivity contribution in [3.8, 4) is 33.6 Å². The second-order valence-corrected chi connectivity index (χ2v) is 15.6. The summed E-state index contributed by atoms with van der Waals surface area (Å²) >= 11 is 0. The zero-order chi connectivity index (χ0) is 41.1. The molecule has 0 unspecified atom stereocenters. The summed E-state index contributed by atoms with van der Waals surface area (Å²) in [5.74, 6) is 0.529. The standard InChI is InChI=1S/C45H53FN8O4/c1-6-52(7-2)40(31-13-9-8-10-14-31)44(56)54-24-12-15-37(54)41-47-26-35(49-41)30-19-17-29(18-20-30)32-21-22-33(34(46)25-32)36-27-48-42(50-36)38-16-11-23-53(38)43(55)39(28(3)4)51(5)45(57)58/h8-10,13-14,17-22,25-28,37-40H,6-7,11-12,15-16,23-24H2,1-5H3,(H,47,49)(H,48,50)(H,57,58)/t37-,38-,39-,40+/m0/s1. The minimum Gasteiger partial charge on any atom is -0.465 e. The van der Waals surface area contributed by atoms with Gasteiger partial charge in [-0.1, -0.05) is 88.4 Å². The smallest absolute Gasteiger partial charge is 0.407 e. The number of benzene rings is 3. The highest BCUT2D eigenvalue weighted by Gasteiger charge is 2.40. The molecule has 3 N–H and O–H groups in total. The van der Waals surface area contributed by atoms with E-state index in [9.17, 15) is 19.5 Å². The van der Waals surface area contributed by atoms with Crippen molar-refractivity contribution in [3.05, 3.63) is 108 Å². The summed E-state index contributed by atoms with van der Waals surface area (Å²) < 4.78 is 15.8. The lowest BCUT2D eigenvalue weighted by molar-refractivity contribution is -0.139. The number of hydrogen-bond donors (Lipinski definition) is 3. The molecule has 58 heavy (non-hydrogen) atoms. The summed E-state index contributed by atoms with van der Waals surface area (Å²) in [4.78, 5) is 62.6. The number of hydrogen-bond acceptors (Lipinski definition) is 6. The van der Waals surface area contributed by atoms with E-state index in [1.54, 1.807) is 17.2 Å². The van der Waals surface area contributed by atoms with E-state index < -0.39 is 18.0 Å². The van der Waals surface area contributed by atoms with Gasteiger partial charge in [0, 0.05) is 25.7 Å². The van der Waals surface area contributed by atoms with Gasteiger partial charge >= 0.3 is 6.09 Å². The fourth-order valence-corrected chi connectivity index (χ4v) is 8.76. The average Bonchev–Trinajstić information content (AvgIpc) is 4.07. The molecule has 0 radical (unpaired) electrons. The van der Waals surface area contributed by atoms with E-state index in [0.29, 0.717) is 42.2 Å². The van der Waals surface area contributed by atoms with Gasteiger partial charge in [0.2, 0.25) is 11.8 Å². The lowest BCUT2D eigenvalue weighted by atomic mass is 10.0. The van der Waals surface area contributed by atoms with Crippen molar-refractivity contribution < 1.29 is 23.9 Å². The van der Waals surface area contributed by atoms with Gasteiger partial charge in [0.05, 0.1) is 35.9 Å². The Kier molecular flexibility index (Phi) is 12.1. The number of nitrogens with one attached hydrogen (secondary N) is 2. The maximum Gasteiger partial charge on any atom is 0.407 e. The molecule has 2 aliphatic rings. The van der Waals surface area contributed by atoms with Crippen LogP contribution < -0.4 is 0 Å². The van der Waals surface area contributed by atoms with Crippen molar-refractivity contribution in [1.82, 2.24) is 39.5 Å². The fourth-order valence-electron chi connectivity index (χ4n) is 8.76. The van der Waals surface area contributed by atoms with Crippen LogP contribution in [0, 0.1) is 11.7 Å². The third-order valence-corrected chi connectivity index (χ3v) is 11.8. The second kappa shape index (κ2) is 17.4. The SMILES string of the molecule is CCN(CC)[C@@H](C(=O)N1CCC[C@H]1c1ncc(-c2ccc(-c3ccc(-c4cnc([C@@H]5CCCN5C(=O)[C@H](C(C)C)N(C)C(=O)O)[nH]4)c(F)c3)cc2)[nH]1)c1ccccc1. The molecule has 4 atom stereocenters. The number of halogens is 1. The highest BCUT2D eigenvalue weighted by atomic mass is 19.1. The van der Waals surface area contributed by atoms with Gasteiger partial charge in [-0.3, -0.25) is 19.4 Å². The molecule has 0 bridgehead atoms. The van der Waals surface area contributed by atoms with E-state index in [1.807, 2.05) is 85.6 Å². The average molecular weight is 789 g/mol. The maximum atomic E-state index is 15.8.